The molecule has 3 rings (SSSR count). The van der Waals surface area contributed by atoms with Crippen LogP contribution in [0.3, 0.4) is 0 Å². The molecule has 0 bridgehead atoms. The molecule has 1 N–H and O–H groups in total. The van der Waals surface area contributed by atoms with Crippen molar-refractivity contribution in [3.05, 3.63) is 36.2 Å². The number of aromatic nitrogens is 3. The minimum absolute atomic E-state index is 0.0478. The van der Waals surface area contributed by atoms with Crippen LogP contribution in [-0.4, -0.2) is 38.7 Å². The molecule has 23 heavy (non-hydrogen) atoms. The first-order valence-corrected chi connectivity index (χ1v) is 9.70. The summed E-state index contributed by atoms with van der Waals surface area (Å²) in [5, 5.41) is 12.1. The van der Waals surface area contributed by atoms with E-state index in [1.54, 1.807) is 11.8 Å². The Bertz CT molecular complexity index is 655. The van der Waals surface area contributed by atoms with E-state index in [2.05, 4.69) is 32.2 Å². The zero-order valence-corrected chi connectivity index (χ0v) is 14.7. The molecule has 0 atom stereocenters. The van der Waals surface area contributed by atoms with Crippen molar-refractivity contribution < 1.29 is 4.79 Å². The number of hydrogen-bond donors (Lipinski definition) is 1. The van der Waals surface area contributed by atoms with Gasteiger partial charge in [0.25, 0.3) is 0 Å². The summed E-state index contributed by atoms with van der Waals surface area (Å²) in [7, 11) is 0. The quantitative estimate of drug-likeness (QED) is 0.587. The lowest BCUT2D eigenvalue weighted by Gasteiger charge is -2.07. The molecule has 1 heterocycles. The van der Waals surface area contributed by atoms with Gasteiger partial charge in [0.15, 0.2) is 5.16 Å². The zero-order chi connectivity index (χ0) is 16.1. The molecule has 2 aromatic rings. The summed E-state index contributed by atoms with van der Waals surface area (Å²) in [4.78, 5) is 13.2. The lowest BCUT2D eigenvalue weighted by Crippen LogP contribution is -2.27. The summed E-state index contributed by atoms with van der Waals surface area (Å²) in [6.45, 7) is 2.64. The van der Waals surface area contributed by atoms with Crippen LogP contribution in [0.2, 0.25) is 0 Å². The topological polar surface area (TPSA) is 59.8 Å². The molecule has 1 fully saturated rings. The maximum atomic E-state index is 11.9. The normalized spacial score (nSPS) is 14.0. The summed E-state index contributed by atoms with van der Waals surface area (Å²) in [6.07, 6.45) is 2.38. The summed E-state index contributed by atoms with van der Waals surface area (Å²) in [5.74, 6) is 2.25. The zero-order valence-electron chi connectivity index (χ0n) is 13.1. The number of amides is 1. The molecule has 122 valence electrons. The van der Waals surface area contributed by atoms with Crippen molar-refractivity contribution in [1.82, 2.24) is 20.1 Å². The van der Waals surface area contributed by atoms with Crippen LogP contribution in [0.15, 0.2) is 40.4 Å². The predicted octanol–water partition coefficient (Wildman–Crippen LogP) is 2.92. The lowest BCUT2D eigenvalue weighted by molar-refractivity contribution is -0.118. The highest BCUT2D eigenvalue weighted by atomic mass is 32.2. The smallest absolute Gasteiger partial charge is 0.230 e. The number of hydrogen-bond acceptors (Lipinski definition) is 5. The fourth-order valence-corrected chi connectivity index (χ4v) is 3.93. The van der Waals surface area contributed by atoms with Gasteiger partial charge in [-0.15, -0.1) is 22.0 Å². The summed E-state index contributed by atoms with van der Waals surface area (Å²) in [6, 6.07) is 10.7. The summed E-state index contributed by atoms with van der Waals surface area (Å²) in [5.41, 5.74) is 0. The van der Waals surface area contributed by atoms with E-state index in [4.69, 9.17) is 0 Å². The van der Waals surface area contributed by atoms with Gasteiger partial charge in [-0.1, -0.05) is 30.0 Å². The molecule has 1 aromatic carbocycles. The van der Waals surface area contributed by atoms with Crippen LogP contribution < -0.4 is 5.32 Å². The monoisotopic (exact) mass is 348 g/mol. The van der Waals surface area contributed by atoms with Crippen LogP contribution in [-0.2, 0) is 4.79 Å². The Morgan fingerprint density at radius 3 is 2.78 bits per heavy atom. The van der Waals surface area contributed by atoms with Crippen molar-refractivity contribution in [2.24, 2.45) is 0 Å². The number of benzene rings is 1. The minimum atomic E-state index is 0.0478. The van der Waals surface area contributed by atoms with E-state index in [1.165, 1.54) is 29.5 Å². The molecule has 0 spiro atoms. The predicted molar refractivity (Wildman–Crippen MR) is 93.9 cm³/mol. The van der Waals surface area contributed by atoms with Crippen LogP contribution in [0.5, 0.6) is 0 Å². The fraction of sp³-hybridized carbons (Fsp3) is 0.438. The number of carbonyl (C=O) groups excluding carboxylic acids is 1. The molecule has 0 unspecified atom stereocenters. The summed E-state index contributed by atoms with van der Waals surface area (Å²) >= 11 is 3.22. The van der Waals surface area contributed by atoms with E-state index in [0.717, 1.165) is 16.7 Å². The Hall–Kier alpha value is -1.47. The van der Waals surface area contributed by atoms with Gasteiger partial charge in [-0.3, -0.25) is 4.79 Å². The van der Waals surface area contributed by atoms with Gasteiger partial charge in [0.1, 0.15) is 5.82 Å². The van der Waals surface area contributed by atoms with Crippen LogP contribution in [0, 0.1) is 6.92 Å². The Kier molecular flexibility index (Phi) is 5.61. The number of nitrogens with zero attached hydrogens (tertiary/aromatic N) is 3. The number of rotatable bonds is 8. The number of aryl methyl sites for hydroxylation is 1. The summed E-state index contributed by atoms with van der Waals surface area (Å²) < 4.78 is 2.16. The minimum Gasteiger partial charge on any atom is -0.355 e. The third kappa shape index (κ3) is 4.75. The average Bonchev–Trinajstić information content (AvgIpc) is 3.33. The van der Waals surface area contributed by atoms with E-state index in [0.29, 0.717) is 18.3 Å². The van der Waals surface area contributed by atoms with E-state index >= 15 is 0 Å². The molecule has 5 nitrogen and oxygen atoms in total. The van der Waals surface area contributed by atoms with E-state index < -0.39 is 0 Å². The largest absolute Gasteiger partial charge is 0.355 e. The molecule has 1 aromatic heterocycles. The molecule has 7 heteroatoms. The highest BCUT2D eigenvalue weighted by Gasteiger charge is 2.28. The van der Waals surface area contributed by atoms with Crippen molar-refractivity contribution in [1.29, 1.82) is 0 Å². The van der Waals surface area contributed by atoms with Gasteiger partial charge < -0.3 is 9.88 Å². The SMILES string of the molecule is Cc1nnc(SCC(=O)NCCSc2ccccc2)n1C1CC1. The van der Waals surface area contributed by atoms with Crippen molar-refractivity contribution in [2.45, 2.75) is 35.9 Å². The van der Waals surface area contributed by atoms with Gasteiger partial charge in [-0.05, 0) is 31.9 Å². The first kappa shape index (κ1) is 16.4. The van der Waals surface area contributed by atoms with E-state index in [-0.39, 0.29) is 5.91 Å². The van der Waals surface area contributed by atoms with Gasteiger partial charge in [-0.2, -0.15) is 0 Å². The second-order valence-corrected chi connectivity index (χ2v) is 7.54. The molecule has 0 aliphatic heterocycles. The molecule has 0 saturated heterocycles. The van der Waals surface area contributed by atoms with Crippen molar-refractivity contribution in [3.63, 3.8) is 0 Å². The van der Waals surface area contributed by atoms with Gasteiger partial charge >= 0.3 is 0 Å². The lowest BCUT2D eigenvalue weighted by atomic mass is 10.4. The molecule has 1 saturated carbocycles. The van der Waals surface area contributed by atoms with Crippen molar-refractivity contribution in [2.75, 3.05) is 18.1 Å². The third-order valence-corrected chi connectivity index (χ3v) is 5.47. The second kappa shape index (κ2) is 7.88. The van der Waals surface area contributed by atoms with Crippen LogP contribution in [0.25, 0.3) is 0 Å². The van der Waals surface area contributed by atoms with E-state index in [1.807, 2.05) is 25.1 Å². The Morgan fingerprint density at radius 1 is 1.26 bits per heavy atom. The maximum absolute atomic E-state index is 11.9. The fourth-order valence-electron chi connectivity index (χ4n) is 2.26. The molecule has 1 aliphatic carbocycles. The van der Waals surface area contributed by atoms with Crippen LogP contribution in [0.4, 0.5) is 0 Å². The highest BCUT2D eigenvalue weighted by molar-refractivity contribution is 7.99. The number of carbonyl (C=O) groups is 1. The Morgan fingerprint density at radius 2 is 2.04 bits per heavy atom. The van der Waals surface area contributed by atoms with E-state index in [9.17, 15) is 4.79 Å². The first-order valence-electron chi connectivity index (χ1n) is 7.73. The van der Waals surface area contributed by atoms with Gasteiger partial charge in [0, 0.05) is 23.2 Å². The molecule has 1 amide bonds. The van der Waals surface area contributed by atoms with Crippen LogP contribution in [0.1, 0.15) is 24.7 Å². The van der Waals surface area contributed by atoms with Gasteiger partial charge in [0.05, 0.1) is 5.75 Å². The Labute approximate surface area is 144 Å². The molecular formula is C16H20N4OS2. The second-order valence-electron chi connectivity index (χ2n) is 5.43. The van der Waals surface area contributed by atoms with Gasteiger partial charge in [-0.25, -0.2) is 0 Å². The van der Waals surface area contributed by atoms with Crippen molar-refractivity contribution in [3.8, 4) is 0 Å². The highest BCUT2D eigenvalue weighted by Crippen LogP contribution is 2.38. The van der Waals surface area contributed by atoms with Crippen LogP contribution >= 0.6 is 23.5 Å². The molecule has 0 radical (unpaired) electrons. The first-order chi connectivity index (χ1) is 11.2. The third-order valence-electron chi connectivity index (χ3n) is 3.52. The Balaban J connectivity index is 1.37. The number of nitrogens with one attached hydrogen (secondary N) is 1. The maximum Gasteiger partial charge on any atom is 0.230 e. The molecular weight excluding hydrogens is 328 g/mol. The molecule has 1 aliphatic rings. The van der Waals surface area contributed by atoms with Crippen molar-refractivity contribution >= 4 is 29.4 Å². The number of thioether (sulfide) groups is 2. The average molecular weight is 348 g/mol. The standard InChI is InChI=1S/C16H20N4OS2/c1-12-18-19-16(20(12)13-7-8-13)23-11-15(21)17-9-10-22-14-5-3-2-4-6-14/h2-6,13H,7-11H2,1H3,(H,17,21). The van der Waals surface area contributed by atoms with Gasteiger partial charge in [0.2, 0.25) is 5.91 Å².